The topological polar surface area (TPSA) is 52.1 Å². The number of aliphatic imine (C=N–C) groups is 1. The molecule has 1 aliphatic rings. The SMILES string of the molecule is CCC(CC)C(CNC(=NC)NCC(c1cccs1)N1CCOCC1)N(C)C.I. The number of likely N-dealkylation sites (N-methyl/N-ethyl adjacent to an activating group) is 1. The van der Waals surface area contributed by atoms with Crippen molar-refractivity contribution in [1.82, 2.24) is 20.4 Å². The van der Waals surface area contributed by atoms with Crippen LogP contribution in [-0.2, 0) is 4.74 Å². The van der Waals surface area contributed by atoms with E-state index in [9.17, 15) is 0 Å². The number of nitrogens with zero attached hydrogens (tertiary/aromatic N) is 3. The van der Waals surface area contributed by atoms with Gasteiger partial charge in [-0.25, -0.2) is 0 Å². The largest absolute Gasteiger partial charge is 0.379 e. The highest BCUT2D eigenvalue weighted by Crippen LogP contribution is 2.25. The Hall–Kier alpha value is -0.420. The van der Waals surface area contributed by atoms with Crippen molar-refractivity contribution in [2.45, 2.75) is 38.8 Å². The maximum Gasteiger partial charge on any atom is 0.191 e. The van der Waals surface area contributed by atoms with E-state index in [0.717, 1.165) is 45.4 Å². The number of morpholine rings is 1. The highest BCUT2D eigenvalue weighted by atomic mass is 127. The summed E-state index contributed by atoms with van der Waals surface area (Å²) in [6.45, 7) is 9.90. The summed E-state index contributed by atoms with van der Waals surface area (Å²) in [5.41, 5.74) is 0. The number of rotatable bonds is 10. The molecule has 1 saturated heterocycles. The van der Waals surface area contributed by atoms with Gasteiger partial charge in [0.1, 0.15) is 0 Å². The molecule has 0 bridgehead atoms. The molecular weight excluding hydrogens is 497 g/mol. The molecule has 1 fully saturated rings. The lowest BCUT2D eigenvalue weighted by Gasteiger charge is -2.35. The molecule has 29 heavy (non-hydrogen) atoms. The molecular formula is C21H40IN5OS. The Kier molecular flexibility index (Phi) is 13.4. The van der Waals surface area contributed by atoms with Crippen LogP contribution in [0.3, 0.4) is 0 Å². The summed E-state index contributed by atoms with van der Waals surface area (Å²) in [7, 11) is 6.20. The Labute approximate surface area is 198 Å². The summed E-state index contributed by atoms with van der Waals surface area (Å²) in [6.07, 6.45) is 2.40. The summed E-state index contributed by atoms with van der Waals surface area (Å²) in [5, 5.41) is 9.29. The predicted molar refractivity (Wildman–Crippen MR) is 136 cm³/mol. The number of guanidine groups is 1. The first kappa shape index (κ1) is 26.6. The molecule has 2 unspecified atom stereocenters. The Morgan fingerprint density at radius 2 is 1.86 bits per heavy atom. The van der Waals surface area contributed by atoms with Crippen LogP contribution in [0.5, 0.6) is 0 Å². The van der Waals surface area contributed by atoms with Crippen molar-refractivity contribution in [1.29, 1.82) is 0 Å². The molecule has 0 aliphatic carbocycles. The fourth-order valence-electron chi connectivity index (χ4n) is 4.00. The molecule has 168 valence electrons. The minimum Gasteiger partial charge on any atom is -0.379 e. The van der Waals surface area contributed by atoms with Crippen LogP contribution in [0.2, 0.25) is 0 Å². The van der Waals surface area contributed by atoms with Gasteiger partial charge >= 0.3 is 0 Å². The molecule has 0 spiro atoms. The summed E-state index contributed by atoms with van der Waals surface area (Å²) < 4.78 is 5.55. The number of nitrogens with one attached hydrogen (secondary N) is 2. The highest BCUT2D eigenvalue weighted by molar-refractivity contribution is 14.0. The normalized spacial score (nSPS) is 17.8. The molecule has 6 nitrogen and oxygen atoms in total. The van der Waals surface area contributed by atoms with Crippen LogP contribution < -0.4 is 10.6 Å². The zero-order chi connectivity index (χ0) is 20.4. The molecule has 2 heterocycles. The monoisotopic (exact) mass is 537 g/mol. The zero-order valence-electron chi connectivity index (χ0n) is 18.7. The number of halogens is 1. The Bertz CT molecular complexity index is 559. The van der Waals surface area contributed by atoms with Crippen molar-refractivity contribution in [3.05, 3.63) is 22.4 Å². The first-order valence-electron chi connectivity index (χ1n) is 10.6. The zero-order valence-corrected chi connectivity index (χ0v) is 21.8. The third kappa shape index (κ3) is 8.32. The van der Waals surface area contributed by atoms with E-state index in [0.29, 0.717) is 18.0 Å². The van der Waals surface area contributed by atoms with Gasteiger partial charge in [-0.15, -0.1) is 35.3 Å². The van der Waals surface area contributed by atoms with Gasteiger partial charge < -0.3 is 20.3 Å². The molecule has 1 aromatic rings. The quantitative estimate of drug-likeness (QED) is 0.273. The molecule has 8 heteroatoms. The second-order valence-electron chi connectivity index (χ2n) is 7.62. The van der Waals surface area contributed by atoms with E-state index in [1.54, 1.807) is 0 Å². The van der Waals surface area contributed by atoms with Gasteiger partial charge in [0.25, 0.3) is 0 Å². The van der Waals surface area contributed by atoms with Crippen molar-refractivity contribution in [3.63, 3.8) is 0 Å². The van der Waals surface area contributed by atoms with E-state index in [1.807, 2.05) is 18.4 Å². The predicted octanol–water partition coefficient (Wildman–Crippen LogP) is 3.27. The van der Waals surface area contributed by atoms with Crippen LogP contribution in [-0.4, -0.2) is 82.3 Å². The van der Waals surface area contributed by atoms with E-state index in [2.05, 4.69) is 70.9 Å². The number of thiophene rings is 1. The maximum absolute atomic E-state index is 5.55. The van der Waals surface area contributed by atoms with E-state index in [-0.39, 0.29) is 24.0 Å². The van der Waals surface area contributed by atoms with Crippen LogP contribution >= 0.6 is 35.3 Å². The molecule has 0 aromatic carbocycles. The van der Waals surface area contributed by atoms with E-state index in [4.69, 9.17) is 4.74 Å². The summed E-state index contributed by atoms with van der Waals surface area (Å²) in [4.78, 5) is 10.7. The fourth-order valence-corrected chi connectivity index (χ4v) is 4.86. The smallest absolute Gasteiger partial charge is 0.191 e. The molecule has 2 rings (SSSR count). The highest BCUT2D eigenvalue weighted by Gasteiger charge is 2.24. The Morgan fingerprint density at radius 1 is 1.21 bits per heavy atom. The lowest BCUT2D eigenvalue weighted by Crippen LogP contribution is -2.50. The first-order chi connectivity index (χ1) is 13.6. The van der Waals surface area contributed by atoms with Crippen molar-refractivity contribution in [2.75, 3.05) is 60.5 Å². The van der Waals surface area contributed by atoms with Crippen LogP contribution in [0.15, 0.2) is 22.5 Å². The number of hydrogen-bond donors (Lipinski definition) is 2. The first-order valence-corrected chi connectivity index (χ1v) is 11.4. The molecule has 2 N–H and O–H groups in total. The van der Waals surface area contributed by atoms with Crippen molar-refractivity contribution in [3.8, 4) is 0 Å². The standard InChI is InChI=1S/C21H39N5OS.HI/c1-6-17(7-2)18(25(4)5)15-23-21(22-3)24-16-19(20-9-8-14-28-20)26-10-12-27-13-11-26;/h8-9,14,17-19H,6-7,10-13,15-16H2,1-5H3,(H2,22,23,24);1H. The van der Waals surface area contributed by atoms with Crippen LogP contribution in [0, 0.1) is 5.92 Å². The maximum atomic E-state index is 5.55. The molecule has 1 aromatic heterocycles. The fraction of sp³-hybridized carbons (Fsp3) is 0.762. The van der Waals surface area contributed by atoms with E-state index >= 15 is 0 Å². The lowest BCUT2D eigenvalue weighted by molar-refractivity contribution is 0.0177. The van der Waals surface area contributed by atoms with Crippen molar-refractivity contribution < 1.29 is 4.74 Å². The van der Waals surface area contributed by atoms with Gasteiger partial charge in [-0.2, -0.15) is 0 Å². The molecule has 0 saturated carbocycles. The average Bonchev–Trinajstić information content (AvgIpc) is 3.24. The third-order valence-electron chi connectivity index (χ3n) is 5.78. The Morgan fingerprint density at radius 3 is 2.38 bits per heavy atom. The lowest BCUT2D eigenvalue weighted by atomic mass is 9.93. The average molecular weight is 538 g/mol. The Balaban J connectivity index is 0.00000420. The molecule has 0 radical (unpaired) electrons. The van der Waals surface area contributed by atoms with Gasteiger partial charge in [-0.05, 0) is 31.5 Å². The van der Waals surface area contributed by atoms with Crippen LogP contribution in [0.1, 0.15) is 37.6 Å². The van der Waals surface area contributed by atoms with E-state index in [1.165, 1.54) is 17.7 Å². The second kappa shape index (κ2) is 14.6. The summed E-state index contributed by atoms with van der Waals surface area (Å²) in [6, 6.07) is 5.22. The molecule has 2 atom stereocenters. The minimum absolute atomic E-state index is 0. The third-order valence-corrected chi connectivity index (χ3v) is 6.75. The number of ether oxygens (including phenoxy) is 1. The minimum atomic E-state index is 0. The van der Waals surface area contributed by atoms with Crippen LogP contribution in [0.4, 0.5) is 0 Å². The summed E-state index contributed by atoms with van der Waals surface area (Å²) in [5.74, 6) is 1.57. The van der Waals surface area contributed by atoms with Gasteiger partial charge in [0, 0.05) is 44.1 Å². The second-order valence-corrected chi connectivity index (χ2v) is 8.60. The van der Waals surface area contributed by atoms with Gasteiger partial charge in [0.15, 0.2) is 5.96 Å². The van der Waals surface area contributed by atoms with Gasteiger partial charge in [-0.3, -0.25) is 9.89 Å². The summed E-state index contributed by atoms with van der Waals surface area (Å²) >= 11 is 1.83. The molecule has 1 aliphatic heterocycles. The number of hydrogen-bond acceptors (Lipinski definition) is 5. The molecule has 0 amide bonds. The van der Waals surface area contributed by atoms with Crippen molar-refractivity contribution in [2.24, 2.45) is 10.9 Å². The van der Waals surface area contributed by atoms with Crippen LogP contribution in [0.25, 0.3) is 0 Å². The van der Waals surface area contributed by atoms with Gasteiger partial charge in [0.2, 0.25) is 0 Å². The van der Waals surface area contributed by atoms with Gasteiger partial charge in [0.05, 0.1) is 19.3 Å². The van der Waals surface area contributed by atoms with E-state index < -0.39 is 0 Å². The van der Waals surface area contributed by atoms with Gasteiger partial charge in [-0.1, -0.05) is 32.8 Å². The van der Waals surface area contributed by atoms with Crippen molar-refractivity contribution >= 4 is 41.3 Å².